The molecule has 6 heteroatoms. The van der Waals surface area contributed by atoms with E-state index in [9.17, 15) is 14.7 Å². The highest BCUT2D eigenvalue weighted by Gasteiger charge is 2.11. The summed E-state index contributed by atoms with van der Waals surface area (Å²) in [6.45, 7) is 4.20. The van der Waals surface area contributed by atoms with Crippen molar-refractivity contribution in [1.82, 2.24) is 5.32 Å². The lowest BCUT2D eigenvalue weighted by Gasteiger charge is -2.14. The Bertz CT molecular complexity index is 242. The molecule has 0 bridgehead atoms. The molecular formula is C11H21NO5. The van der Waals surface area contributed by atoms with Gasteiger partial charge in [-0.05, 0) is 0 Å². The van der Waals surface area contributed by atoms with Gasteiger partial charge in [0.05, 0.1) is 20.0 Å². The van der Waals surface area contributed by atoms with Crippen molar-refractivity contribution < 1.29 is 24.2 Å². The average molecular weight is 247 g/mol. The van der Waals surface area contributed by atoms with E-state index in [-0.39, 0.29) is 25.5 Å². The number of hydrogen-bond donors (Lipinski definition) is 2. The first-order valence-corrected chi connectivity index (χ1v) is 5.59. The van der Waals surface area contributed by atoms with Gasteiger partial charge in [-0.3, -0.25) is 9.59 Å². The summed E-state index contributed by atoms with van der Waals surface area (Å²) in [6, 6.07) is 0.264. The third-order valence-corrected chi connectivity index (χ3v) is 1.96. The molecule has 0 aromatic rings. The zero-order valence-electron chi connectivity index (χ0n) is 10.6. The second kappa shape index (κ2) is 8.95. The maximum atomic E-state index is 11.1. The predicted octanol–water partition coefficient (Wildman–Crippen LogP) is -0.158. The van der Waals surface area contributed by atoms with Gasteiger partial charge < -0.3 is 19.9 Å². The zero-order valence-corrected chi connectivity index (χ0v) is 10.6. The third kappa shape index (κ3) is 9.77. The minimum Gasteiger partial charge on any atom is -0.469 e. The molecule has 1 atom stereocenters. The van der Waals surface area contributed by atoms with Gasteiger partial charge in [-0.25, -0.2) is 0 Å². The molecule has 0 rings (SSSR count). The first-order valence-electron chi connectivity index (χ1n) is 5.59. The van der Waals surface area contributed by atoms with Crippen molar-refractivity contribution in [2.75, 3.05) is 20.3 Å². The van der Waals surface area contributed by atoms with Crippen LogP contribution in [-0.2, 0) is 19.1 Å². The number of rotatable bonds is 8. The summed E-state index contributed by atoms with van der Waals surface area (Å²) in [4.78, 5) is 21.9. The number of esters is 2. The number of carbonyl (C=O) groups excluding carboxylic acids is 2. The Morgan fingerprint density at radius 2 is 1.82 bits per heavy atom. The van der Waals surface area contributed by atoms with E-state index < -0.39 is 18.0 Å². The van der Waals surface area contributed by atoms with Crippen LogP contribution in [0.15, 0.2) is 0 Å². The molecular weight excluding hydrogens is 226 g/mol. The SMILES string of the molecule is COC(=O)CCC(=O)OCC(O)CNC(C)C. The van der Waals surface area contributed by atoms with E-state index in [0.29, 0.717) is 6.54 Å². The van der Waals surface area contributed by atoms with Crippen molar-refractivity contribution >= 4 is 11.9 Å². The van der Waals surface area contributed by atoms with Gasteiger partial charge in [0.15, 0.2) is 0 Å². The molecule has 0 radical (unpaired) electrons. The minimum absolute atomic E-state index is 0.00429. The molecule has 0 aromatic heterocycles. The van der Waals surface area contributed by atoms with Crippen LogP contribution >= 0.6 is 0 Å². The topological polar surface area (TPSA) is 84.9 Å². The Morgan fingerprint density at radius 1 is 1.24 bits per heavy atom. The predicted molar refractivity (Wildman–Crippen MR) is 61.4 cm³/mol. The van der Waals surface area contributed by atoms with Crippen molar-refractivity contribution in [3.05, 3.63) is 0 Å². The summed E-state index contributed by atoms with van der Waals surface area (Å²) in [7, 11) is 1.26. The summed E-state index contributed by atoms with van der Waals surface area (Å²) in [6.07, 6.45) is -0.772. The van der Waals surface area contributed by atoms with E-state index >= 15 is 0 Å². The summed E-state index contributed by atoms with van der Waals surface area (Å²) in [5.74, 6) is -0.969. The molecule has 0 spiro atoms. The number of aliphatic hydroxyl groups excluding tert-OH is 1. The van der Waals surface area contributed by atoms with Crippen molar-refractivity contribution in [2.45, 2.75) is 38.8 Å². The summed E-state index contributed by atoms with van der Waals surface area (Å²) in [5.41, 5.74) is 0. The molecule has 17 heavy (non-hydrogen) atoms. The maximum Gasteiger partial charge on any atom is 0.306 e. The summed E-state index contributed by atoms with van der Waals surface area (Å²) < 4.78 is 9.18. The van der Waals surface area contributed by atoms with Crippen LogP contribution in [0.5, 0.6) is 0 Å². The number of aliphatic hydroxyl groups is 1. The van der Waals surface area contributed by atoms with Crippen LogP contribution in [0.3, 0.4) is 0 Å². The number of methoxy groups -OCH3 is 1. The highest BCUT2D eigenvalue weighted by Crippen LogP contribution is 1.96. The lowest BCUT2D eigenvalue weighted by atomic mass is 10.3. The Hall–Kier alpha value is -1.14. The molecule has 0 amide bonds. The minimum atomic E-state index is -0.737. The number of carbonyl (C=O) groups is 2. The van der Waals surface area contributed by atoms with Crippen LogP contribution in [0.25, 0.3) is 0 Å². The fourth-order valence-corrected chi connectivity index (χ4v) is 0.998. The maximum absolute atomic E-state index is 11.1. The van der Waals surface area contributed by atoms with Gasteiger partial charge in [-0.1, -0.05) is 13.8 Å². The van der Waals surface area contributed by atoms with E-state index in [4.69, 9.17) is 4.74 Å². The van der Waals surface area contributed by atoms with Crippen LogP contribution in [0.1, 0.15) is 26.7 Å². The van der Waals surface area contributed by atoms with E-state index in [1.165, 1.54) is 7.11 Å². The summed E-state index contributed by atoms with van der Waals surface area (Å²) >= 11 is 0. The van der Waals surface area contributed by atoms with Crippen molar-refractivity contribution in [2.24, 2.45) is 0 Å². The second-order valence-electron chi connectivity index (χ2n) is 3.98. The lowest BCUT2D eigenvalue weighted by Crippen LogP contribution is -2.35. The monoisotopic (exact) mass is 247 g/mol. The average Bonchev–Trinajstić information content (AvgIpc) is 2.30. The number of hydrogen-bond acceptors (Lipinski definition) is 6. The molecule has 2 N–H and O–H groups in total. The van der Waals surface area contributed by atoms with Gasteiger partial charge in [-0.15, -0.1) is 0 Å². The van der Waals surface area contributed by atoms with Crippen molar-refractivity contribution in [3.8, 4) is 0 Å². The van der Waals surface area contributed by atoms with E-state index in [2.05, 4.69) is 10.1 Å². The first-order chi connectivity index (χ1) is 7.95. The van der Waals surface area contributed by atoms with Gasteiger partial charge in [0.25, 0.3) is 0 Å². The molecule has 0 aliphatic rings. The van der Waals surface area contributed by atoms with E-state index in [0.717, 1.165) is 0 Å². The van der Waals surface area contributed by atoms with E-state index in [1.54, 1.807) is 0 Å². The largest absolute Gasteiger partial charge is 0.469 e. The molecule has 6 nitrogen and oxygen atoms in total. The van der Waals surface area contributed by atoms with Gasteiger partial charge in [0.2, 0.25) is 0 Å². The Morgan fingerprint density at radius 3 is 2.35 bits per heavy atom. The molecule has 100 valence electrons. The van der Waals surface area contributed by atoms with Gasteiger partial charge in [0, 0.05) is 12.6 Å². The molecule has 0 aliphatic heterocycles. The Labute approximate surface area is 101 Å². The Kier molecular flexibility index (Phi) is 8.35. The lowest BCUT2D eigenvalue weighted by molar-refractivity contribution is -0.150. The fraction of sp³-hybridized carbons (Fsp3) is 0.818. The normalized spacial score (nSPS) is 12.3. The number of ether oxygens (including phenoxy) is 2. The highest BCUT2D eigenvalue weighted by molar-refractivity contribution is 5.77. The van der Waals surface area contributed by atoms with E-state index in [1.807, 2.05) is 13.8 Å². The number of nitrogens with one attached hydrogen (secondary N) is 1. The van der Waals surface area contributed by atoms with Gasteiger partial charge in [0.1, 0.15) is 12.7 Å². The molecule has 0 heterocycles. The molecule has 0 saturated heterocycles. The molecule has 0 aliphatic carbocycles. The van der Waals surface area contributed by atoms with Gasteiger partial charge >= 0.3 is 11.9 Å². The fourth-order valence-electron chi connectivity index (χ4n) is 0.998. The first kappa shape index (κ1) is 15.9. The summed E-state index contributed by atoms with van der Waals surface area (Å²) in [5, 5.41) is 12.5. The highest BCUT2D eigenvalue weighted by atomic mass is 16.5. The standard InChI is InChI=1S/C11H21NO5/c1-8(2)12-6-9(13)7-17-11(15)5-4-10(14)16-3/h8-9,12-13H,4-7H2,1-3H3. The van der Waals surface area contributed by atoms with Crippen LogP contribution in [0.2, 0.25) is 0 Å². The second-order valence-corrected chi connectivity index (χ2v) is 3.98. The molecule has 0 aromatic carbocycles. The van der Waals surface area contributed by atoms with Crippen LogP contribution in [0.4, 0.5) is 0 Å². The van der Waals surface area contributed by atoms with Gasteiger partial charge in [-0.2, -0.15) is 0 Å². The van der Waals surface area contributed by atoms with Crippen LogP contribution in [-0.4, -0.2) is 49.5 Å². The Balaban J connectivity index is 3.58. The van der Waals surface area contributed by atoms with Crippen LogP contribution < -0.4 is 5.32 Å². The molecule has 1 unspecified atom stereocenters. The van der Waals surface area contributed by atoms with Crippen LogP contribution in [0, 0.1) is 0 Å². The van der Waals surface area contributed by atoms with Crippen molar-refractivity contribution in [3.63, 3.8) is 0 Å². The van der Waals surface area contributed by atoms with Crippen molar-refractivity contribution in [1.29, 1.82) is 0 Å². The molecule has 0 fully saturated rings. The third-order valence-electron chi connectivity index (χ3n) is 1.96. The zero-order chi connectivity index (χ0) is 13.3. The quantitative estimate of drug-likeness (QED) is 0.580. The smallest absolute Gasteiger partial charge is 0.306 e. The molecule has 0 saturated carbocycles.